The molecule has 0 aromatic rings. The number of aldehydes is 1. The Bertz CT molecular complexity index is 331. The van der Waals surface area contributed by atoms with E-state index in [0.29, 0.717) is 12.0 Å². The van der Waals surface area contributed by atoms with Gasteiger partial charge in [-0.15, -0.1) is 0 Å². The zero-order chi connectivity index (χ0) is 10.4. The van der Waals surface area contributed by atoms with Gasteiger partial charge in [0.1, 0.15) is 0 Å². The molecule has 1 rings (SSSR count). The van der Waals surface area contributed by atoms with Crippen LogP contribution in [-0.2, 0) is 4.79 Å². The van der Waals surface area contributed by atoms with Crippen LogP contribution in [-0.4, -0.2) is 30.8 Å². The molecular formula is C9H10BrN3O. The molecule has 0 spiro atoms. The first-order chi connectivity index (χ1) is 6.72. The number of aliphatic imine (C=N–C) groups is 1. The highest BCUT2D eigenvalue weighted by Crippen LogP contribution is 2.10. The molecule has 5 heteroatoms. The SMILES string of the molecule is CN1/C=C(/Br)CC=N/C=C(C=O)/C=N\1. The molecule has 0 fully saturated rings. The summed E-state index contributed by atoms with van der Waals surface area (Å²) in [6.07, 6.45) is 7.88. The van der Waals surface area contributed by atoms with Gasteiger partial charge in [0.25, 0.3) is 0 Å². The standard InChI is InChI=1S/C9H10BrN3O/c1-13-6-9(10)2-3-11-4-8(7-14)5-12-13/h3-7H,2H2,1H3/b8-4-,9-6+,11-3?,12-5-. The van der Waals surface area contributed by atoms with Crippen LogP contribution in [0.25, 0.3) is 0 Å². The van der Waals surface area contributed by atoms with Crippen molar-refractivity contribution in [3.63, 3.8) is 0 Å². The second kappa shape index (κ2) is 5.49. The van der Waals surface area contributed by atoms with Gasteiger partial charge in [-0.2, -0.15) is 5.10 Å². The lowest BCUT2D eigenvalue weighted by atomic mass is 10.3. The number of carbonyl (C=O) groups excluding carboxylic acids is 1. The highest BCUT2D eigenvalue weighted by molar-refractivity contribution is 9.11. The van der Waals surface area contributed by atoms with Gasteiger partial charge in [-0.3, -0.25) is 14.8 Å². The van der Waals surface area contributed by atoms with Gasteiger partial charge in [-0.25, -0.2) is 0 Å². The largest absolute Gasteiger partial charge is 0.298 e. The fourth-order valence-corrected chi connectivity index (χ4v) is 1.26. The third-order valence-corrected chi connectivity index (χ3v) is 2.00. The average Bonchev–Trinajstić information content (AvgIpc) is 2.16. The van der Waals surface area contributed by atoms with Crippen LogP contribution in [0, 0.1) is 0 Å². The summed E-state index contributed by atoms with van der Waals surface area (Å²) in [5.41, 5.74) is 0.444. The maximum Gasteiger partial charge on any atom is 0.153 e. The van der Waals surface area contributed by atoms with Crippen LogP contribution in [0.5, 0.6) is 0 Å². The van der Waals surface area contributed by atoms with Crippen LogP contribution in [0.3, 0.4) is 0 Å². The van der Waals surface area contributed by atoms with Crippen LogP contribution >= 0.6 is 15.9 Å². The lowest BCUT2D eigenvalue weighted by Crippen LogP contribution is -2.04. The monoisotopic (exact) mass is 255 g/mol. The molecule has 0 amide bonds. The van der Waals surface area contributed by atoms with E-state index >= 15 is 0 Å². The second-order valence-electron chi connectivity index (χ2n) is 2.68. The molecule has 0 atom stereocenters. The third-order valence-electron chi connectivity index (χ3n) is 1.47. The highest BCUT2D eigenvalue weighted by Gasteiger charge is 1.95. The first kappa shape index (κ1) is 10.8. The summed E-state index contributed by atoms with van der Waals surface area (Å²) in [4.78, 5) is 14.5. The van der Waals surface area contributed by atoms with Gasteiger partial charge in [-0.1, -0.05) is 15.9 Å². The summed E-state index contributed by atoms with van der Waals surface area (Å²) >= 11 is 3.37. The van der Waals surface area contributed by atoms with E-state index in [1.807, 2.05) is 6.20 Å². The number of carbonyl (C=O) groups is 1. The molecule has 1 aliphatic rings. The van der Waals surface area contributed by atoms with Crippen molar-refractivity contribution in [1.29, 1.82) is 0 Å². The number of allylic oxidation sites excluding steroid dienone is 2. The summed E-state index contributed by atoms with van der Waals surface area (Å²) in [6.45, 7) is 0. The first-order valence-electron chi connectivity index (χ1n) is 4.02. The van der Waals surface area contributed by atoms with E-state index in [4.69, 9.17) is 0 Å². The summed E-state index contributed by atoms with van der Waals surface area (Å²) in [5, 5.41) is 5.64. The Hall–Kier alpha value is -1.23. The van der Waals surface area contributed by atoms with Gasteiger partial charge in [0, 0.05) is 36.6 Å². The van der Waals surface area contributed by atoms with Gasteiger partial charge in [0.15, 0.2) is 6.29 Å². The molecule has 4 nitrogen and oxygen atoms in total. The van der Waals surface area contributed by atoms with Crippen LogP contribution in [0.4, 0.5) is 0 Å². The summed E-state index contributed by atoms with van der Waals surface area (Å²) < 4.78 is 0.976. The summed E-state index contributed by atoms with van der Waals surface area (Å²) in [7, 11) is 1.79. The molecule has 0 radical (unpaired) electrons. The number of rotatable bonds is 1. The van der Waals surface area contributed by atoms with Crippen molar-refractivity contribution in [2.75, 3.05) is 7.05 Å². The van der Waals surface area contributed by atoms with Gasteiger partial charge in [0.2, 0.25) is 0 Å². The lowest BCUT2D eigenvalue weighted by molar-refractivity contribution is -0.104. The van der Waals surface area contributed by atoms with Gasteiger partial charge in [-0.05, 0) is 0 Å². The second-order valence-corrected chi connectivity index (χ2v) is 3.70. The zero-order valence-electron chi connectivity index (χ0n) is 7.72. The van der Waals surface area contributed by atoms with Crippen molar-refractivity contribution in [3.8, 4) is 0 Å². The van der Waals surface area contributed by atoms with E-state index in [0.717, 1.165) is 10.8 Å². The summed E-state index contributed by atoms with van der Waals surface area (Å²) in [5.74, 6) is 0. The number of hydrogen-bond donors (Lipinski definition) is 0. The molecule has 74 valence electrons. The number of nitrogens with zero attached hydrogens (tertiary/aromatic N) is 3. The van der Waals surface area contributed by atoms with Gasteiger partial charge >= 0.3 is 0 Å². The van der Waals surface area contributed by atoms with Crippen molar-refractivity contribution >= 4 is 34.6 Å². The molecule has 0 aliphatic carbocycles. The van der Waals surface area contributed by atoms with Crippen molar-refractivity contribution in [1.82, 2.24) is 5.01 Å². The quantitative estimate of drug-likeness (QED) is 0.670. The van der Waals surface area contributed by atoms with Crippen molar-refractivity contribution in [2.24, 2.45) is 10.1 Å². The Labute approximate surface area is 90.8 Å². The molecule has 0 saturated carbocycles. The smallest absolute Gasteiger partial charge is 0.153 e. The Kier molecular flexibility index (Phi) is 4.25. The van der Waals surface area contributed by atoms with Crippen molar-refractivity contribution in [2.45, 2.75) is 6.42 Å². The minimum absolute atomic E-state index is 0.444. The number of hydrogen-bond acceptors (Lipinski definition) is 4. The maximum atomic E-state index is 10.5. The fraction of sp³-hybridized carbons (Fsp3) is 0.222. The van der Waals surface area contributed by atoms with Crippen LogP contribution in [0.1, 0.15) is 6.42 Å². The Morgan fingerprint density at radius 3 is 3.14 bits per heavy atom. The molecule has 14 heavy (non-hydrogen) atoms. The predicted octanol–water partition coefficient (Wildman–Crippen LogP) is 1.70. The molecule has 0 unspecified atom stereocenters. The topological polar surface area (TPSA) is 45.0 Å². The van der Waals surface area contributed by atoms with Gasteiger partial charge in [0.05, 0.1) is 11.8 Å². The summed E-state index contributed by atoms with van der Waals surface area (Å²) in [6, 6.07) is 0. The Morgan fingerprint density at radius 1 is 1.64 bits per heavy atom. The molecular weight excluding hydrogens is 246 g/mol. The number of hydrazone groups is 1. The maximum absolute atomic E-state index is 10.5. The Balaban J connectivity index is 2.89. The molecule has 0 N–H and O–H groups in total. The van der Waals surface area contributed by atoms with Gasteiger partial charge < -0.3 is 0 Å². The van der Waals surface area contributed by atoms with Crippen LogP contribution < -0.4 is 0 Å². The van der Waals surface area contributed by atoms with E-state index in [9.17, 15) is 4.79 Å². The molecule has 0 bridgehead atoms. The zero-order valence-corrected chi connectivity index (χ0v) is 9.31. The molecule has 1 heterocycles. The Morgan fingerprint density at radius 2 is 2.43 bits per heavy atom. The third kappa shape index (κ3) is 3.66. The van der Waals surface area contributed by atoms with E-state index in [2.05, 4.69) is 26.0 Å². The highest BCUT2D eigenvalue weighted by atomic mass is 79.9. The van der Waals surface area contributed by atoms with E-state index in [1.165, 1.54) is 12.4 Å². The first-order valence-corrected chi connectivity index (χ1v) is 4.81. The predicted molar refractivity (Wildman–Crippen MR) is 60.5 cm³/mol. The van der Waals surface area contributed by atoms with E-state index < -0.39 is 0 Å². The van der Waals surface area contributed by atoms with Crippen LogP contribution in [0.15, 0.2) is 32.5 Å². The minimum atomic E-state index is 0.444. The van der Waals surface area contributed by atoms with Crippen LogP contribution in [0.2, 0.25) is 0 Å². The lowest BCUT2D eigenvalue weighted by Gasteiger charge is -2.07. The fourth-order valence-electron chi connectivity index (χ4n) is 0.819. The minimum Gasteiger partial charge on any atom is -0.298 e. The molecule has 1 aliphatic heterocycles. The van der Waals surface area contributed by atoms with E-state index in [-0.39, 0.29) is 0 Å². The normalized spacial score (nSPS) is 27.1. The molecule has 0 saturated heterocycles. The van der Waals surface area contributed by atoms with Crippen molar-refractivity contribution < 1.29 is 4.79 Å². The molecule has 0 aromatic heterocycles. The van der Waals surface area contributed by atoms with E-state index in [1.54, 1.807) is 18.3 Å². The number of halogens is 1. The average molecular weight is 256 g/mol. The molecule has 0 aromatic carbocycles. The van der Waals surface area contributed by atoms with Crippen molar-refractivity contribution in [3.05, 3.63) is 22.5 Å².